The van der Waals surface area contributed by atoms with Gasteiger partial charge in [-0.3, -0.25) is 4.79 Å². The molecule has 0 fully saturated rings. The first-order chi connectivity index (χ1) is 20.0. The van der Waals surface area contributed by atoms with Crippen LogP contribution in [0.15, 0.2) is 94.5 Å². The monoisotopic (exact) mass is 567 g/mol. The topological polar surface area (TPSA) is 89.5 Å². The lowest BCUT2D eigenvalue weighted by Crippen LogP contribution is -2.38. The molecule has 6 rings (SSSR count). The maximum atomic E-state index is 13.6. The number of amidine groups is 1. The summed E-state index contributed by atoms with van der Waals surface area (Å²) in [5, 5.41) is 5.66. The van der Waals surface area contributed by atoms with Gasteiger partial charge in [0.2, 0.25) is 12.7 Å². The number of thioether (sulfide) groups is 1. The van der Waals surface area contributed by atoms with Crippen LogP contribution in [-0.2, 0) is 20.9 Å². The summed E-state index contributed by atoms with van der Waals surface area (Å²) in [6.07, 6.45) is 0.121. The Balaban J connectivity index is 1.32. The van der Waals surface area contributed by atoms with Crippen LogP contribution in [0, 0.1) is 6.92 Å². The SMILES string of the molecule is CCOC(=O)C1=C(c2ccccc2)N=C2SC=C(CC(=O)NCc3ccc4c(c3)OCO4)N2[C@H]1c1cccc(C)c1. The summed E-state index contributed by atoms with van der Waals surface area (Å²) in [5.41, 5.74) is 5.51. The molecule has 1 atom stereocenters. The van der Waals surface area contributed by atoms with E-state index < -0.39 is 12.0 Å². The fourth-order valence-corrected chi connectivity index (χ4v) is 6.04. The molecule has 8 nitrogen and oxygen atoms in total. The van der Waals surface area contributed by atoms with E-state index in [1.165, 1.54) is 11.8 Å². The predicted octanol–water partition coefficient (Wildman–Crippen LogP) is 5.71. The predicted molar refractivity (Wildman–Crippen MR) is 158 cm³/mol. The largest absolute Gasteiger partial charge is 0.463 e. The Bertz CT molecular complexity index is 1600. The number of hydrogen-bond donors (Lipinski definition) is 1. The smallest absolute Gasteiger partial charge is 0.338 e. The Kier molecular flexibility index (Phi) is 7.52. The molecule has 0 saturated carbocycles. The van der Waals surface area contributed by atoms with Gasteiger partial charge in [0.1, 0.15) is 0 Å². The number of benzene rings is 3. The second-order valence-electron chi connectivity index (χ2n) is 9.80. The quantitative estimate of drug-likeness (QED) is 0.349. The third-order valence-electron chi connectivity index (χ3n) is 6.98. The number of carbonyl (C=O) groups is 2. The van der Waals surface area contributed by atoms with Crippen molar-refractivity contribution >= 4 is 34.5 Å². The van der Waals surface area contributed by atoms with Crippen molar-refractivity contribution in [3.05, 3.63) is 112 Å². The maximum Gasteiger partial charge on any atom is 0.338 e. The van der Waals surface area contributed by atoms with Gasteiger partial charge in [-0.15, -0.1) is 0 Å². The van der Waals surface area contributed by atoms with Crippen LogP contribution in [-0.4, -0.2) is 35.3 Å². The van der Waals surface area contributed by atoms with Crippen LogP contribution >= 0.6 is 11.8 Å². The Morgan fingerprint density at radius 3 is 2.68 bits per heavy atom. The van der Waals surface area contributed by atoms with E-state index in [0.29, 0.717) is 34.5 Å². The van der Waals surface area contributed by atoms with Crippen LogP contribution < -0.4 is 14.8 Å². The minimum Gasteiger partial charge on any atom is -0.463 e. The number of aryl methyl sites for hydroxylation is 1. The Hall–Kier alpha value is -4.50. The molecule has 3 aromatic rings. The van der Waals surface area contributed by atoms with E-state index in [1.54, 1.807) is 6.92 Å². The molecule has 0 aliphatic carbocycles. The van der Waals surface area contributed by atoms with Gasteiger partial charge in [0.25, 0.3) is 0 Å². The van der Waals surface area contributed by atoms with Crippen molar-refractivity contribution < 1.29 is 23.8 Å². The molecule has 1 amide bonds. The van der Waals surface area contributed by atoms with Crippen LogP contribution in [0.1, 0.15) is 41.6 Å². The summed E-state index contributed by atoms with van der Waals surface area (Å²) in [6.45, 7) is 4.60. The van der Waals surface area contributed by atoms with Crippen molar-refractivity contribution in [3.8, 4) is 11.5 Å². The Morgan fingerprint density at radius 1 is 1.05 bits per heavy atom. The highest BCUT2D eigenvalue weighted by molar-refractivity contribution is 8.16. The van der Waals surface area contributed by atoms with Crippen molar-refractivity contribution in [2.75, 3.05) is 13.4 Å². The summed E-state index contributed by atoms with van der Waals surface area (Å²) in [6, 6.07) is 22.8. The summed E-state index contributed by atoms with van der Waals surface area (Å²) < 4.78 is 16.4. The van der Waals surface area contributed by atoms with E-state index in [-0.39, 0.29) is 25.7 Å². The summed E-state index contributed by atoms with van der Waals surface area (Å²) in [5.74, 6) is 0.806. The van der Waals surface area contributed by atoms with Crippen LogP contribution in [0.3, 0.4) is 0 Å². The van der Waals surface area contributed by atoms with Crippen molar-refractivity contribution in [1.82, 2.24) is 10.2 Å². The van der Waals surface area contributed by atoms with Gasteiger partial charge >= 0.3 is 5.97 Å². The van der Waals surface area contributed by atoms with Crippen molar-refractivity contribution in [3.63, 3.8) is 0 Å². The highest BCUT2D eigenvalue weighted by atomic mass is 32.2. The second-order valence-corrected chi connectivity index (χ2v) is 10.6. The first-order valence-electron chi connectivity index (χ1n) is 13.4. The fourth-order valence-electron chi connectivity index (χ4n) is 5.12. The molecule has 3 aliphatic heterocycles. The van der Waals surface area contributed by atoms with Crippen molar-refractivity contribution in [1.29, 1.82) is 0 Å². The van der Waals surface area contributed by atoms with E-state index in [4.69, 9.17) is 19.2 Å². The van der Waals surface area contributed by atoms with E-state index in [0.717, 1.165) is 28.0 Å². The number of ether oxygens (including phenoxy) is 3. The molecule has 41 heavy (non-hydrogen) atoms. The number of amides is 1. The van der Waals surface area contributed by atoms with Gasteiger partial charge in [0.15, 0.2) is 16.7 Å². The average molecular weight is 568 g/mol. The van der Waals surface area contributed by atoms with E-state index in [1.807, 2.05) is 84.0 Å². The number of rotatable bonds is 8. The minimum absolute atomic E-state index is 0.121. The van der Waals surface area contributed by atoms with Crippen LogP contribution in [0.2, 0.25) is 0 Å². The molecule has 3 aliphatic rings. The van der Waals surface area contributed by atoms with Crippen molar-refractivity contribution in [2.45, 2.75) is 32.9 Å². The zero-order valence-electron chi connectivity index (χ0n) is 22.8. The average Bonchev–Trinajstić information content (AvgIpc) is 3.62. The molecule has 0 unspecified atom stereocenters. The van der Waals surface area contributed by atoms with Gasteiger partial charge in [0, 0.05) is 17.8 Å². The number of nitrogens with zero attached hydrogens (tertiary/aromatic N) is 2. The van der Waals surface area contributed by atoms with Crippen LogP contribution in [0.25, 0.3) is 5.70 Å². The number of aliphatic imine (C=N–C) groups is 1. The van der Waals surface area contributed by atoms with Gasteiger partial charge in [-0.2, -0.15) is 0 Å². The number of carbonyl (C=O) groups excluding carboxylic acids is 2. The second kappa shape index (κ2) is 11.5. The van der Waals surface area contributed by atoms with Crippen LogP contribution in [0.5, 0.6) is 11.5 Å². The van der Waals surface area contributed by atoms with E-state index in [9.17, 15) is 9.59 Å². The molecular weight excluding hydrogens is 538 g/mol. The number of hydrogen-bond acceptors (Lipinski definition) is 8. The third kappa shape index (κ3) is 5.45. The zero-order chi connectivity index (χ0) is 28.3. The molecule has 3 aromatic carbocycles. The lowest BCUT2D eigenvalue weighted by Gasteiger charge is -2.37. The van der Waals surface area contributed by atoms with Crippen LogP contribution in [0.4, 0.5) is 0 Å². The standard InChI is InChI=1S/C32H29N3O5S/c1-3-38-31(37)28-29(22-9-5-4-6-10-22)34-32-35(30(28)23-11-7-8-20(2)14-23)24(18-41-32)16-27(36)33-17-21-12-13-25-26(15-21)40-19-39-25/h4-15,18,30H,3,16-17,19H2,1-2H3,(H,33,36)/t30-/m0/s1. The highest BCUT2D eigenvalue weighted by Gasteiger charge is 2.42. The molecule has 0 radical (unpaired) electrons. The summed E-state index contributed by atoms with van der Waals surface area (Å²) in [4.78, 5) is 33.8. The molecular formula is C32H29N3O5S. The van der Waals surface area contributed by atoms with Gasteiger partial charge in [0.05, 0.1) is 30.3 Å². The van der Waals surface area contributed by atoms with Gasteiger partial charge in [-0.1, -0.05) is 78.0 Å². The zero-order valence-corrected chi connectivity index (χ0v) is 23.6. The maximum absolute atomic E-state index is 13.6. The lowest BCUT2D eigenvalue weighted by atomic mass is 9.90. The number of fused-ring (bicyclic) bond motifs is 2. The van der Waals surface area contributed by atoms with E-state index in [2.05, 4.69) is 11.4 Å². The molecule has 0 aromatic heterocycles. The molecule has 0 spiro atoms. The molecule has 0 saturated heterocycles. The summed E-state index contributed by atoms with van der Waals surface area (Å²) >= 11 is 1.45. The van der Waals surface area contributed by atoms with Gasteiger partial charge in [-0.25, -0.2) is 9.79 Å². The number of nitrogens with one attached hydrogen (secondary N) is 1. The van der Waals surface area contributed by atoms with Gasteiger partial charge in [-0.05, 0) is 42.5 Å². The highest BCUT2D eigenvalue weighted by Crippen LogP contribution is 2.47. The van der Waals surface area contributed by atoms with Gasteiger partial charge < -0.3 is 24.4 Å². The Labute approximate surface area is 242 Å². The van der Waals surface area contributed by atoms with Crippen molar-refractivity contribution in [2.24, 2.45) is 4.99 Å². The third-order valence-corrected chi connectivity index (χ3v) is 7.87. The lowest BCUT2D eigenvalue weighted by molar-refractivity contribution is -0.139. The molecule has 0 bridgehead atoms. The molecule has 208 valence electrons. The minimum atomic E-state index is -0.514. The Morgan fingerprint density at radius 2 is 1.88 bits per heavy atom. The number of esters is 1. The first kappa shape index (κ1) is 26.7. The normalized spacial score (nSPS) is 17.1. The summed E-state index contributed by atoms with van der Waals surface area (Å²) in [7, 11) is 0. The van der Waals surface area contributed by atoms with E-state index >= 15 is 0 Å². The fraction of sp³-hybridized carbons (Fsp3) is 0.219. The first-order valence-corrected chi connectivity index (χ1v) is 14.3. The molecule has 1 N–H and O–H groups in total. The molecule has 3 heterocycles. The molecule has 9 heteroatoms.